The molecule has 7 nitrogen and oxygen atoms in total. The number of amides is 1. The zero-order valence-electron chi connectivity index (χ0n) is 10.7. The van der Waals surface area contributed by atoms with Gasteiger partial charge in [-0.3, -0.25) is 14.9 Å². The lowest BCUT2D eigenvalue weighted by Crippen LogP contribution is -2.25. The molecule has 0 spiro atoms. The lowest BCUT2D eigenvalue weighted by atomic mass is 10.1. The van der Waals surface area contributed by atoms with Crippen molar-refractivity contribution in [2.75, 3.05) is 20.2 Å². The van der Waals surface area contributed by atoms with Crippen LogP contribution in [-0.2, 0) is 0 Å². The Hall–Kier alpha value is -2.15. The molecule has 0 unspecified atom stereocenters. The van der Waals surface area contributed by atoms with Crippen LogP contribution in [0.2, 0.25) is 0 Å². The van der Waals surface area contributed by atoms with Gasteiger partial charge >= 0.3 is 0 Å². The largest absolute Gasteiger partial charge is 0.496 e. The van der Waals surface area contributed by atoms with E-state index in [1.807, 2.05) is 0 Å². The SMILES string of the molecule is COc1cc([N+](=O)[O-])ccc1C(=O)NCCCCN. The molecule has 0 heterocycles. The first-order valence-electron chi connectivity index (χ1n) is 5.91. The van der Waals surface area contributed by atoms with E-state index in [4.69, 9.17) is 10.5 Å². The smallest absolute Gasteiger partial charge is 0.273 e. The molecule has 0 bridgehead atoms. The van der Waals surface area contributed by atoms with Gasteiger partial charge in [-0.15, -0.1) is 0 Å². The number of carbonyl (C=O) groups is 1. The van der Waals surface area contributed by atoms with Crippen LogP contribution in [0.1, 0.15) is 23.2 Å². The van der Waals surface area contributed by atoms with E-state index in [1.54, 1.807) is 0 Å². The quantitative estimate of drug-likeness (QED) is 0.436. The third-order valence-electron chi connectivity index (χ3n) is 2.56. The molecule has 0 radical (unpaired) electrons. The Balaban J connectivity index is 2.76. The van der Waals surface area contributed by atoms with Crippen molar-refractivity contribution in [3.05, 3.63) is 33.9 Å². The predicted molar refractivity (Wildman–Crippen MR) is 70.3 cm³/mol. The summed E-state index contributed by atoms with van der Waals surface area (Å²) in [6.07, 6.45) is 1.62. The van der Waals surface area contributed by atoms with Crippen LogP contribution in [0.5, 0.6) is 5.75 Å². The van der Waals surface area contributed by atoms with Crippen molar-refractivity contribution in [2.45, 2.75) is 12.8 Å². The zero-order chi connectivity index (χ0) is 14.3. The molecule has 0 aliphatic heterocycles. The monoisotopic (exact) mass is 267 g/mol. The maximum absolute atomic E-state index is 11.9. The standard InChI is InChI=1S/C12H17N3O4/c1-19-11-8-9(15(17)18)4-5-10(11)12(16)14-7-3-2-6-13/h4-5,8H,2-3,6-7,13H2,1H3,(H,14,16). The maximum atomic E-state index is 11.9. The van der Waals surface area contributed by atoms with Crippen molar-refractivity contribution in [1.29, 1.82) is 0 Å². The number of nitrogens with zero attached hydrogens (tertiary/aromatic N) is 1. The highest BCUT2D eigenvalue weighted by Gasteiger charge is 2.16. The first-order valence-corrected chi connectivity index (χ1v) is 5.91. The predicted octanol–water partition coefficient (Wildman–Crippen LogP) is 1.07. The van der Waals surface area contributed by atoms with E-state index in [-0.39, 0.29) is 22.9 Å². The molecular weight excluding hydrogens is 250 g/mol. The third-order valence-corrected chi connectivity index (χ3v) is 2.56. The molecule has 7 heteroatoms. The average molecular weight is 267 g/mol. The van der Waals surface area contributed by atoms with Crippen LogP contribution in [0.4, 0.5) is 5.69 Å². The van der Waals surface area contributed by atoms with E-state index in [9.17, 15) is 14.9 Å². The number of benzene rings is 1. The highest BCUT2D eigenvalue weighted by molar-refractivity contribution is 5.97. The number of hydrogen-bond donors (Lipinski definition) is 2. The number of nitro benzene ring substituents is 1. The number of nitrogens with two attached hydrogens (primary N) is 1. The summed E-state index contributed by atoms with van der Waals surface area (Å²) in [6.45, 7) is 1.09. The van der Waals surface area contributed by atoms with Crippen molar-refractivity contribution in [3.63, 3.8) is 0 Å². The molecule has 0 saturated heterocycles. The number of methoxy groups -OCH3 is 1. The molecule has 0 fully saturated rings. The van der Waals surface area contributed by atoms with Crippen LogP contribution >= 0.6 is 0 Å². The molecule has 0 aliphatic carbocycles. The van der Waals surface area contributed by atoms with Crippen LogP contribution in [0.3, 0.4) is 0 Å². The molecule has 1 aromatic rings. The highest BCUT2D eigenvalue weighted by Crippen LogP contribution is 2.24. The van der Waals surface area contributed by atoms with Crippen molar-refractivity contribution in [3.8, 4) is 5.75 Å². The summed E-state index contributed by atoms with van der Waals surface area (Å²) in [6, 6.07) is 3.89. The van der Waals surface area contributed by atoms with Crippen LogP contribution in [-0.4, -0.2) is 31.0 Å². The van der Waals surface area contributed by atoms with Crippen LogP contribution in [0.15, 0.2) is 18.2 Å². The van der Waals surface area contributed by atoms with Gasteiger partial charge in [0, 0.05) is 12.6 Å². The number of hydrogen-bond acceptors (Lipinski definition) is 5. The van der Waals surface area contributed by atoms with Gasteiger partial charge in [-0.25, -0.2) is 0 Å². The normalized spacial score (nSPS) is 10.0. The Labute approximate surface area is 110 Å². The van der Waals surface area contributed by atoms with Crippen LogP contribution in [0.25, 0.3) is 0 Å². The Bertz CT molecular complexity index is 462. The van der Waals surface area contributed by atoms with E-state index in [1.165, 1.54) is 25.3 Å². The van der Waals surface area contributed by atoms with Crippen molar-refractivity contribution in [2.24, 2.45) is 5.73 Å². The van der Waals surface area contributed by atoms with Gasteiger partial charge in [-0.1, -0.05) is 0 Å². The van der Waals surface area contributed by atoms with Crippen molar-refractivity contribution < 1.29 is 14.5 Å². The third kappa shape index (κ3) is 4.22. The van der Waals surface area contributed by atoms with E-state index >= 15 is 0 Å². The summed E-state index contributed by atoms with van der Waals surface area (Å²) in [5.74, 6) is -0.130. The summed E-state index contributed by atoms with van der Waals surface area (Å²) in [5, 5.41) is 13.3. The molecule has 1 amide bonds. The Kier molecular flexibility index (Phi) is 5.74. The number of nitro groups is 1. The van der Waals surface area contributed by atoms with E-state index in [0.717, 1.165) is 12.8 Å². The molecule has 1 aromatic carbocycles. The molecule has 0 saturated carbocycles. The molecule has 104 valence electrons. The van der Waals surface area contributed by atoms with Gasteiger partial charge in [0.1, 0.15) is 5.75 Å². The zero-order valence-corrected chi connectivity index (χ0v) is 10.7. The summed E-state index contributed by atoms with van der Waals surface area (Å²) in [5.41, 5.74) is 5.51. The van der Waals surface area contributed by atoms with Crippen LogP contribution in [0, 0.1) is 10.1 Å². The van der Waals surface area contributed by atoms with Crippen LogP contribution < -0.4 is 15.8 Å². The van der Waals surface area contributed by atoms with Gasteiger partial charge in [0.15, 0.2) is 0 Å². The second kappa shape index (κ2) is 7.32. The molecule has 0 aromatic heterocycles. The summed E-state index contributed by atoms with van der Waals surface area (Å²) in [4.78, 5) is 22.0. The fourth-order valence-electron chi connectivity index (χ4n) is 1.55. The van der Waals surface area contributed by atoms with E-state index < -0.39 is 4.92 Å². The number of non-ortho nitro benzene ring substituents is 1. The Morgan fingerprint density at radius 2 is 2.21 bits per heavy atom. The minimum absolute atomic E-state index is 0.114. The highest BCUT2D eigenvalue weighted by atomic mass is 16.6. The molecule has 19 heavy (non-hydrogen) atoms. The van der Waals surface area contributed by atoms with Gasteiger partial charge < -0.3 is 15.8 Å². The fraction of sp³-hybridized carbons (Fsp3) is 0.417. The molecule has 3 N–H and O–H groups in total. The Morgan fingerprint density at radius 3 is 2.79 bits per heavy atom. The summed E-state index contributed by atoms with van der Waals surface area (Å²) >= 11 is 0. The molecule has 0 aliphatic rings. The minimum atomic E-state index is -0.536. The molecule has 1 rings (SSSR count). The minimum Gasteiger partial charge on any atom is -0.496 e. The van der Waals surface area contributed by atoms with Gasteiger partial charge in [-0.2, -0.15) is 0 Å². The second-order valence-electron chi connectivity index (χ2n) is 3.89. The lowest BCUT2D eigenvalue weighted by Gasteiger charge is -2.08. The summed E-state index contributed by atoms with van der Waals surface area (Å²) < 4.78 is 5.00. The van der Waals surface area contributed by atoms with Crippen molar-refractivity contribution in [1.82, 2.24) is 5.32 Å². The van der Waals surface area contributed by atoms with Gasteiger partial charge in [0.25, 0.3) is 11.6 Å². The fourth-order valence-corrected chi connectivity index (χ4v) is 1.55. The topological polar surface area (TPSA) is 107 Å². The number of unbranched alkanes of at least 4 members (excludes halogenated alkanes) is 1. The number of nitrogens with one attached hydrogen (secondary N) is 1. The number of carbonyl (C=O) groups excluding carboxylic acids is 1. The first-order chi connectivity index (χ1) is 9.10. The molecular formula is C12H17N3O4. The Morgan fingerprint density at radius 1 is 1.47 bits per heavy atom. The van der Waals surface area contributed by atoms with Gasteiger partial charge in [0.2, 0.25) is 0 Å². The number of rotatable bonds is 7. The lowest BCUT2D eigenvalue weighted by molar-refractivity contribution is -0.384. The molecule has 0 atom stereocenters. The summed E-state index contributed by atoms with van der Waals surface area (Å²) in [7, 11) is 1.37. The number of ether oxygens (including phenoxy) is 1. The van der Waals surface area contributed by atoms with Gasteiger partial charge in [0.05, 0.1) is 23.7 Å². The van der Waals surface area contributed by atoms with Gasteiger partial charge in [-0.05, 0) is 25.5 Å². The first kappa shape index (κ1) is 14.9. The second-order valence-corrected chi connectivity index (χ2v) is 3.89. The maximum Gasteiger partial charge on any atom is 0.273 e. The van der Waals surface area contributed by atoms with Crippen molar-refractivity contribution >= 4 is 11.6 Å². The van der Waals surface area contributed by atoms with E-state index in [0.29, 0.717) is 13.1 Å². The average Bonchev–Trinajstić information content (AvgIpc) is 2.42. The van der Waals surface area contributed by atoms with E-state index in [2.05, 4.69) is 5.32 Å².